The van der Waals surface area contributed by atoms with Crippen molar-refractivity contribution in [2.24, 2.45) is 0 Å². The lowest BCUT2D eigenvalue weighted by Gasteiger charge is -2.13. The van der Waals surface area contributed by atoms with Crippen LogP contribution < -0.4 is 5.73 Å². The van der Waals surface area contributed by atoms with Crippen molar-refractivity contribution in [2.45, 2.75) is 6.54 Å². The molecular formula is C18H10BrCl2F2N5. The van der Waals surface area contributed by atoms with Crippen LogP contribution in [0.1, 0.15) is 5.56 Å². The summed E-state index contributed by atoms with van der Waals surface area (Å²) in [5.41, 5.74) is 7.24. The van der Waals surface area contributed by atoms with Gasteiger partial charge < -0.3 is 10.3 Å². The molecule has 0 unspecified atom stereocenters. The molecule has 2 aliphatic heterocycles. The molecule has 0 saturated heterocycles. The number of anilines is 1. The number of aromatic nitrogens is 4. The Morgan fingerprint density at radius 2 is 1.75 bits per heavy atom. The normalized spacial score (nSPS) is 11.3. The fourth-order valence-corrected chi connectivity index (χ4v) is 3.75. The number of fused-ring (bicyclic) bond motifs is 1. The number of imidazole rings is 1. The van der Waals surface area contributed by atoms with Crippen LogP contribution in [-0.2, 0) is 6.54 Å². The lowest BCUT2D eigenvalue weighted by Crippen LogP contribution is -2.09. The van der Waals surface area contributed by atoms with Gasteiger partial charge in [0.2, 0.25) is 0 Å². The Hall–Kier alpha value is -2.29. The number of nitrogens with zero attached hydrogens (tertiary/aromatic N) is 4. The molecule has 0 bridgehead atoms. The molecule has 0 atom stereocenters. The highest BCUT2D eigenvalue weighted by Gasteiger charge is 2.22. The molecule has 0 fully saturated rings. The summed E-state index contributed by atoms with van der Waals surface area (Å²) in [5.74, 6) is -1.23. The number of nitrogens with two attached hydrogens (primary N) is 1. The molecule has 0 saturated carbocycles. The highest BCUT2D eigenvalue weighted by Crippen LogP contribution is 2.34. The summed E-state index contributed by atoms with van der Waals surface area (Å²) in [7, 11) is 0. The van der Waals surface area contributed by atoms with Crippen LogP contribution in [0.4, 0.5) is 14.6 Å². The first-order chi connectivity index (χ1) is 13.3. The van der Waals surface area contributed by atoms with Crippen molar-refractivity contribution >= 4 is 44.9 Å². The minimum Gasteiger partial charge on any atom is -0.382 e. The highest BCUT2D eigenvalue weighted by molar-refractivity contribution is 9.10. The zero-order chi connectivity index (χ0) is 20.0. The zero-order valence-corrected chi connectivity index (χ0v) is 17.0. The monoisotopic (exact) mass is 483 g/mol. The second-order valence-corrected chi connectivity index (χ2v) is 7.59. The van der Waals surface area contributed by atoms with Gasteiger partial charge in [0, 0.05) is 25.6 Å². The molecule has 0 radical (unpaired) electrons. The van der Waals surface area contributed by atoms with Crippen LogP contribution in [-0.4, -0.2) is 19.5 Å². The summed E-state index contributed by atoms with van der Waals surface area (Å²) >= 11 is 15.7. The zero-order valence-electron chi connectivity index (χ0n) is 13.9. The van der Waals surface area contributed by atoms with E-state index in [1.54, 1.807) is 22.8 Å². The largest absolute Gasteiger partial charge is 0.382 e. The van der Waals surface area contributed by atoms with Gasteiger partial charge in [0.1, 0.15) is 0 Å². The van der Waals surface area contributed by atoms with Crippen molar-refractivity contribution < 1.29 is 8.78 Å². The standard InChI is InChI=1S/C18H10BrCl2F2N5/c19-10-5-14(23)13(22)4-8(10)17-26-15-16(24)25-7-28(18(15)27-17)6-9-11(20)2-1-3-12(9)21/h1-5,7H,6,24H2. The highest BCUT2D eigenvalue weighted by atomic mass is 79.9. The maximum absolute atomic E-state index is 13.7. The number of halogens is 5. The molecule has 2 aromatic rings. The quantitative estimate of drug-likeness (QED) is 0.394. The minimum atomic E-state index is -1.01. The van der Waals surface area contributed by atoms with Crippen LogP contribution in [0.25, 0.3) is 22.9 Å². The second-order valence-electron chi connectivity index (χ2n) is 5.92. The summed E-state index contributed by atoms with van der Waals surface area (Å²) in [6, 6.07) is 7.24. The van der Waals surface area contributed by atoms with Gasteiger partial charge in [-0.3, -0.25) is 0 Å². The third kappa shape index (κ3) is 3.32. The van der Waals surface area contributed by atoms with Gasteiger partial charge in [-0.15, -0.1) is 0 Å². The van der Waals surface area contributed by atoms with Crippen LogP contribution in [0.3, 0.4) is 0 Å². The molecule has 142 valence electrons. The molecule has 2 aliphatic rings. The van der Waals surface area contributed by atoms with E-state index in [1.165, 1.54) is 6.33 Å². The number of nitrogen functional groups attached to an aromatic ring is 1. The van der Waals surface area contributed by atoms with Crippen molar-refractivity contribution in [1.29, 1.82) is 0 Å². The van der Waals surface area contributed by atoms with E-state index in [1.807, 2.05) is 0 Å². The van der Waals surface area contributed by atoms with Gasteiger partial charge in [-0.25, -0.2) is 23.7 Å². The molecule has 4 rings (SSSR count). The lowest BCUT2D eigenvalue weighted by atomic mass is 10.2. The van der Waals surface area contributed by atoms with Crippen molar-refractivity contribution in [2.75, 3.05) is 5.73 Å². The molecule has 0 amide bonds. The predicted molar refractivity (Wildman–Crippen MR) is 107 cm³/mol. The smallest absolute Gasteiger partial charge is 0.166 e. The SMILES string of the molecule is Nc1ncn(Cc2c(Cl)cccc2Cl)c2nc(-c3cc(F)c(F)cc3Br)nc1-2. The first-order valence-corrected chi connectivity index (χ1v) is 9.46. The van der Waals surface area contributed by atoms with Crippen LogP contribution >= 0.6 is 39.1 Å². The molecule has 2 aromatic carbocycles. The van der Waals surface area contributed by atoms with Gasteiger partial charge in [-0.05, 0) is 40.2 Å². The van der Waals surface area contributed by atoms with E-state index in [2.05, 4.69) is 30.9 Å². The van der Waals surface area contributed by atoms with E-state index in [9.17, 15) is 8.78 Å². The molecule has 0 aliphatic carbocycles. The third-order valence-electron chi connectivity index (χ3n) is 4.13. The molecule has 2 heterocycles. The maximum Gasteiger partial charge on any atom is 0.166 e. The molecule has 5 nitrogen and oxygen atoms in total. The van der Waals surface area contributed by atoms with Gasteiger partial charge in [-0.2, -0.15) is 0 Å². The fraction of sp³-hybridized carbons (Fsp3) is 0.0556. The Morgan fingerprint density at radius 3 is 2.46 bits per heavy atom. The van der Waals surface area contributed by atoms with E-state index in [0.717, 1.165) is 12.1 Å². The molecule has 2 N–H and O–H groups in total. The molecular weight excluding hydrogens is 475 g/mol. The van der Waals surface area contributed by atoms with Crippen LogP contribution in [0, 0.1) is 11.6 Å². The first-order valence-electron chi connectivity index (χ1n) is 7.91. The van der Waals surface area contributed by atoms with Crippen molar-refractivity contribution in [1.82, 2.24) is 19.5 Å². The Balaban J connectivity index is 1.86. The number of rotatable bonds is 3. The predicted octanol–water partition coefficient (Wildman–Crippen LogP) is 5.42. The first kappa shape index (κ1) is 19.0. The molecule has 10 heteroatoms. The Morgan fingerprint density at radius 1 is 1.07 bits per heavy atom. The maximum atomic E-state index is 13.7. The van der Waals surface area contributed by atoms with E-state index in [0.29, 0.717) is 31.6 Å². The lowest BCUT2D eigenvalue weighted by molar-refractivity contribution is 0.508. The number of hydrogen-bond acceptors (Lipinski definition) is 4. The van der Waals surface area contributed by atoms with Crippen LogP contribution in [0.15, 0.2) is 41.1 Å². The fourth-order valence-electron chi connectivity index (χ4n) is 2.74. The Labute approximate surface area is 176 Å². The van der Waals surface area contributed by atoms with Gasteiger partial charge >= 0.3 is 0 Å². The Bertz CT molecular complexity index is 1160. The summed E-state index contributed by atoms with van der Waals surface area (Å²) in [5, 5.41) is 0.987. The van der Waals surface area contributed by atoms with Gasteiger partial charge in [0.05, 0.1) is 12.9 Å². The van der Waals surface area contributed by atoms with E-state index in [-0.39, 0.29) is 23.8 Å². The molecule has 28 heavy (non-hydrogen) atoms. The van der Waals surface area contributed by atoms with Gasteiger partial charge in [0.15, 0.2) is 34.8 Å². The van der Waals surface area contributed by atoms with E-state index >= 15 is 0 Å². The van der Waals surface area contributed by atoms with Crippen LogP contribution in [0.2, 0.25) is 10.0 Å². The van der Waals surface area contributed by atoms with E-state index < -0.39 is 11.6 Å². The molecule has 0 aromatic heterocycles. The number of hydrogen-bond donors (Lipinski definition) is 1. The summed E-state index contributed by atoms with van der Waals surface area (Å²) < 4.78 is 29.1. The van der Waals surface area contributed by atoms with Crippen LogP contribution in [0.5, 0.6) is 0 Å². The summed E-state index contributed by atoms with van der Waals surface area (Å²) in [6.07, 6.45) is 1.50. The summed E-state index contributed by atoms with van der Waals surface area (Å²) in [6.45, 7) is 0.277. The molecule has 0 spiro atoms. The van der Waals surface area contributed by atoms with Gasteiger partial charge in [-0.1, -0.05) is 29.3 Å². The third-order valence-corrected chi connectivity index (χ3v) is 5.50. The van der Waals surface area contributed by atoms with Gasteiger partial charge in [0.25, 0.3) is 0 Å². The summed E-state index contributed by atoms with van der Waals surface area (Å²) in [4.78, 5) is 12.9. The van der Waals surface area contributed by atoms with E-state index in [4.69, 9.17) is 28.9 Å². The van der Waals surface area contributed by atoms with Crippen molar-refractivity contribution in [3.63, 3.8) is 0 Å². The van der Waals surface area contributed by atoms with Crippen molar-refractivity contribution in [3.8, 4) is 22.9 Å². The average Bonchev–Trinajstić information content (AvgIpc) is 3.09. The average molecular weight is 485 g/mol. The van der Waals surface area contributed by atoms with Crippen molar-refractivity contribution in [3.05, 3.63) is 68.4 Å². The second kappa shape index (κ2) is 7.27. The number of benzene rings is 2. The Kier molecular flexibility index (Phi) is 4.95. The topological polar surface area (TPSA) is 69.6 Å². The minimum absolute atomic E-state index is 0.161.